The van der Waals surface area contributed by atoms with E-state index in [1.165, 1.54) is 11.1 Å². The third-order valence-electron chi connectivity index (χ3n) is 6.13. The highest BCUT2D eigenvalue weighted by molar-refractivity contribution is 6.42. The van der Waals surface area contributed by atoms with Crippen LogP contribution in [0.3, 0.4) is 0 Å². The normalized spacial score (nSPS) is 13.1. The van der Waals surface area contributed by atoms with Crippen molar-refractivity contribution in [2.75, 3.05) is 13.2 Å². The lowest BCUT2D eigenvalue weighted by Crippen LogP contribution is -2.36. The second-order valence-electron chi connectivity index (χ2n) is 8.36. The number of alkyl carbamates (subject to hydrolysis) is 1. The zero-order valence-electron chi connectivity index (χ0n) is 18.6. The van der Waals surface area contributed by atoms with E-state index in [4.69, 9.17) is 33.7 Å². The summed E-state index contributed by atoms with van der Waals surface area (Å²) in [5.41, 5.74) is 11.6. The number of fused-ring (bicyclic) bond motifs is 3. The smallest absolute Gasteiger partial charge is 0.407 e. The van der Waals surface area contributed by atoms with Crippen LogP contribution in [0.15, 0.2) is 66.7 Å². The molecule has 0 bridgehead atoms. The molecule has 0 radical (unpaired) electrons. The number of amides is 1. The number of hydrogen-bond donors (Lipinski definition) is 2. The van der Waals surface area contributed by atoms with Gasteiger partial charge in [-0.3, -0.25) is 4.79 Å². The van der Waals surface area contributed by atoms with E-state index < -0.39 is 12.1 Å². The van der Waals surface area contributed by atoms with Crippen LogP contribution < -0.4 is 11.1 Å². The maximum absolute atomic E-state index is 12.3. The minimum absolute atomic E-state index is 0.00311. The average molecular weight is 497 g/mol. The molecule has 176 valence electrons. The third-order valence-corrected chi connectivity index (χ3v) is 6.87. The molecule has 1 aliphatic carbocycles. The fraction of sp³-hybridized carbons (Fsp3) is 0.259. The van der Waals surface area contributed by atoms with Crippen LogP contribution in [0.4, 0.5) is 4.79 Å². The largest absolute Gasteiger partial charge is 0.449 e. The van der Waals surface area contributed by atoms with Crippen molar-refractivity contribution in [3.8, 4) is 11.1 Å². The first-order valence-corrected chi connectivity index (χ1v) is 12.0. The number of nitrogens with two attached hydrogens (primary N) is 1. The number of ketones is 1. The van der Waals surface area contributed by atoms with Crippen LogP contribution in [0, 0.1) is 0 Å². The standard InChI is InChI=1S/C27H26Cl2N2O3/c28-23-11-9-17(15-24(23)29)10-12-26(32)25(30)13-14-31-27(33)34-16-22-20-7-3-1-5-18(20)19-6-2-4-8-21(19)22/h1-9,11,15,22,25H,10,12-14,16,30H2,(H,31,33)/t25-/m1/s1. The van der Waals surface area contributed by atoms with Gasteiger partial charge in [0.2, 0.25) is 0 Å². The molecule has 0 unspecified atom stereocenters. The molecule has 5 nitrogen and oxygen atoms in total. The number of aryl methyl sites for hydroxylation is 1. The molecule has 0 spiro atoms. The van der Waals surface area contributed by atoms with Crippen molar-refractivity contribution in [2.45, 2.75) is 31.2 Å². The molecule has 0 aromatic heterocycles. The Morgan fingerprint density at radius 2 is 1.59 bits per heavy atom. The monoisotopic (exact) mass is 496 g/mol. The Hall–Kier alpha value is -2.86. The second kappa shape index (κ2) is 11.0. The van der Waals surface area contributed by atoms with Gasteiger partial charge in [0.05, 0.1) is 16.1 Å². The van der Waals surface area contributed by atoms with E-state index in [9.17, 15) is 9.59 Å². The van der Waals surface area contributed by atoms with Crippen molar-refractivity contribution in [3.05, 3.63) is 93.5 Å². The number of rotatable bonds is 9. The van der Waals surface area contributed by atoms with Crippen LogP contribution in [0.1, 0.15) is 35.4 Å². The molecule has 4 rings (SSSR count). The van der Waals surface area contributed by atoms with Crippen LogP contribution >= 0.6 is 23.2 Å². The van der Waals surface area contributed by atoms with Crippen LogP contribution in [0.2, 0.25) is 10.0 Å². The SMILES string of the molecule is N[C@H](CCNC(=O)OCC1c2ccccc2-c2ccccc21)C(=O)CCc1ccc(Cl)c(Cl)c1. The number of benzene rings is 3. The predicted molar refractivity (Wildman–Crippen MR) is 135 cm³/mol. The lowest BCUT2D eigenvalue weighted by atomic mass is 9.98. The highest BCUT2D eigenvalue weighted by Crippen LogP contribution is 2.44. The minimum atomic E-state index is -0.656. The lowest BCUT2D eigenvalue weighted by molar-refractivity contribution is -0.120. The predicted octanol–water partition coefficient (Wildman–Crippen LogP) is 5.75. The van der Waals surface area contributed by atoms with Gasteiger partial charge in [0.25, 0.3) is 0 Å². The number of Topliss-reactive ketones (excluding diaryl/α,β-unsaturated/α-hetero) is 1. The molecular weight excluding hydrogens is 471 g/mol. The van der Waals surface area contributed by atoms with Crippen molar-refractivity contribution in [3.63, 3.8) is 0 Å². The summed E-state index contributed by atoms with van der Waals surface area (Å²) >= 11 is 11.9. The van der Waals surface area contributed by atoms with E-state index in [2.05, 4.69) is 29.6 Å². The first-order valence-electron chi connectivity index (χ1n) is 11.2. The molecule has 0 heterocycles. The average Bonchev–Trinajstić information content (AvgIpc) is 3.17. The van der Waals surface area contributed by atoms with Gasteiger partial charge in [-0.2, -0.15) is 0 Å². The van der Waals surface area contributed by atoms with Gasteiger partial charge in [0.15, 0.2) is 0 Å². The van der Waals surface area contributed by atoms with Crippen molar-refractivity contribution in [1.82, 2.24) is 5.32 Å². The van der Waals surface area contributed by atoms with E-state index in [0.717, 1.165) is 16.7 Å². The van der Waals surface area contributed by atoms with E-state index in [1.807, 2.05) is 30.3 Å². The molecule has 0 saturated heterocycles. The van der Waals surface area contributed by atoms with Gasteiger partial charge < -0.3 is 15.8 Å². The number of halogens is 2. The summed E-state index contributed by atoms with van der Waals surface area (Å²) in [6.45, 7) is 0.505. The van der Waals surface area contributed by atoms with Crippen molar-refractivity contribution < 1.29 is 14.3 Å². The van der Waals surface area contributed by atoms with E-state index in [0.29, 0.717) is 29.3 Å². The summed E-state index contributed by atoms with van der Waals surface area (Å²) in [6, 6.07) is 21.0. The topological polar surface area (TPSA) is 81.4 Å². The number of nitrogens with one attached hydrogen (secondary N) is 1. The van der Waals surface area contributed by atoms with Gasteiger partial charge in [-0.05, 0) is 52.8 Å². The summed E-state index contributed by atoms with van der Waals surface area (Å²) in [4.78, 5) is 24.6. The zero-order chi connectivity index (χ0) is 24.1. The van der Waals surface area contributed by atoms with Crippen LogP contribution in [-0.4, -0.2) is 31.1 Å². The fourth-order valence-corrected chi connectivity index (χ4v) is 4.61. The number of carbonyl (C=O) groups is 2. The third kappa shape index (κ3) is 5.61. The summed E-state index contributed by atoms with van der Waals surface area (Å²) in [5, 5.41) is 3.64. The summed E-state index contributed by atoms with van der Waals surface area (Å²) in [5.74, 6) is -0.0660. The zero-order valence-corrected chi connectivity index (χ0v) is 20.1. The van der Waals surface area contributed by atoms with Crippen LogP contribution in [0.5, 0.6) is 0 Å². The van der Waals surface area contributed by atoms with E-state index in [-0.39, 0.29) is 24.9 Å². The molecule has 0 saturated carbocycles. The molecule has 3 aromatic rings. The number of ether oxygens (including phenoxy) is 1. The van der Waals surface area contributed by atoms with Gasteiger partial charge in [-0.15, -0.1) is 0 Å². The van der Waals surface area contributed by atoms with Crippen LogP contribution in [0.25, 0.3) is 11.1 Å². The molecule has 1 amide bonds. The number of carbonyl (C=O) groups excluding carboxylic acids is 2. The molecular formula is C27H26Cl2N2O3. The molecule has 3 N–H and O–H groups in total. The molecule has 0 aliphatic heterocycles. The van der Waals surface area contributed by atoms with Crippen molar-refractivity contribution >= 4 is 35.1 Å². The van der Waals surface area contributed by atoms with Crippen LogP contribution in [-0.2, 0) is 16.0 Å². The minimum Gasteiger partial charge on any atom is -0.449 e. The maximum Gasteiger partial charge on any atom is 0.407 e. The Kier molecular flexibility index (Phi) is 7.88. The maximum atomic E-state index is 12.3. The molecule has 34 heavy (non-hydrogen) atoms. The highest BCUT2D eigenvalue weighted by Gasteiger charge is 2.29. The number of hydrogen-bond acceptors (Lipinski definition) is 4. The second-order valence-corrected chi connectivity index (χ2v) is 9.18. The molecule has 0 fully saturated rings. The Morgan fingerprint density at radius 3 is 2.24 bits per heavy atom. The first-order chi connectivity index (χ1) is 16.4. The Morgan fingerprint density at radius 1 is 0.941 bits per heavy atom. The van der Waals surface area contributed by atoms with Gasteiger partial charge in [-0.1, -0.05) is 77.8 Å². The van der Waals surface area contributed by atoms with Crippen molar-refractivity contribution in [2.24, 2.45) is 5.73 Å². The Bertz CT molecular complexity index is 1150. The summed E-state index contributed by atoms with van der Waals surface area (Å²) < 4.78 is 5.51. The summed E-state index contributed by atoms with van der Waals surface area (Å²) in [7, 11) is 0. The first kappa shape index (κ1) is 24.3. The highest BCUT2D eigenvalue weighted by atomic mass is 35.5. The Balaban J connectivity index is 1.21. The molecule has 3 aromatic carbocycles. The summed E-state index contributed by atoms with van der Waals surface area (Å²) in [6.07, 6.45) is 0.648. The van der Waals surface area contributed by atoms with Gasteiger partial charge >= 0.3 is 6.09 Å². The molecule has 7 heteroatoms. The van der Waals surface area contributed by atoms with E-state index in [1.54, 1.807) is 12.1 Å². The Labute approximate surface area is 209 Å². The molecule has 1 aliphatic rings. The van der Waals surface area contributed by atoms with Gasteiger partial charge in [-0.25, -0.2) is 4.79 Å². The molecule has 1 atom stereocenters. The fourth-order valence-electron chi connectivity index (χ4n) is 4.29. The van der Waals surface area contributed by atoms with Crippen molar-refractivity contribution in [1.29, 1.82) is 0 Å². The van der Waals surface area contributed by atoms with Gasteiger partial charge in [0.1, 0.15) is 12.4 Å². The van der Waals surface area contributed by atoms with E-state index >= 15 is 0 Å². The lowest BCUT2D eigenvalue weighted by Gasteiger charge is -2.15. The quantitative estimate of drug-likeness (QED) is 0.395. The van der Waals surface area contributed by atoms with Gasteiger partial charge in [0, 0.05) is 18.9 Å².